The Morgan fingerprint density at radius 1 is 1.17 bits per heavy atom. The third kappa shape index (κ3) is 5.34. The van der Waals surface area contributed by atoms with Crippen molar-refractivity contribution >= 4 is 12.0 Å². The molecule has 4 rings (SSSR count). The molecule has 1 amide bonds. The van der Waals surface area contributed by atoms with Crippen molar-refractivity contribution in [2.24, 2.45) is 0 Å². The minimum absolute atomic E-state index is 0.0000209. The molecule has 2 aromatic rings. The van der Waals surface area contributed by atoms with Crippen LogP contribution in [-0.4, -0.2) is 70.9 Å². The number of oxazole rings is 1. The zero-order valence-electron chi connectivity index (χ0n) is 17.2. The van der Waals surface area contributed by atoms with Crippen LogP contribution in [0.15, 0.2) is 47.1 Å². The molecule has 1 saturated heterocycles. The van der Waals surface area contributed by atoms with E-state index in [1.165, 1.54) is 11.8 Å². The molecule has 1 aromatic carbocycles. The minimum Gasteiger partial charge on any atom is -0.447 e. The number of nitrogens with zero attached hydrogens (tertiary/aromatic N) is 4. The average Bonchev–Trinajstić information content (AvgIpc) is 3.48. The van der Waals surface area contributed by atoms with Crippen molar-refractivity contribution in [3.8, 4) is 0 Å². The van der Waals surface area contributed by atoms with E-state index in [1.807, 2.05) is 17.9 Å². The summed E-state index contributed by atoms with van der Waals surface area (Å²) in [6.07, 6.45) is 8.15. The Morgan fingerprint density at radius 2 is 1.90 bits per heavy atom. The fourth-order valence-electron chi connectivity index (χ4n) is 3.81. The van der Waals surface area contributed by atoms with Gasteiger partial charge in [0.25, 0.3) is 5.91 Å². The van der Waals surface area contributed by atoms with Crippen molar-refractivity contribution in [3.63, 3.8) is 0 Å². The van der Waals surface area contributed by atoms with Crippen LogP contribution in [0, 0.1) is 0 Å². The first kappa shape index (κ1) is 19.9. The molecule has 0 atom stereocenters. The van der Waals surface area contributed by atoms with Crippen molar-refractivity contribution in [1.82, 2.24) is 19.7 Å². The molecule has 0 unspecified atom stereocenters. The van der Waals surface area contributed by atoms with Gasteiger partial charge in [0.15, 0.2) is 5.69 Å². The molecule has 0 bridgehead atoms. The second kappa shape index (κ2) is 9.37. The van der Waals surface area contributed by atoms with Crippen LogP contribution in [-0.2, 0) is 6.54 Å². The zero-order valence-corrected chi connectivity index (χ0v) is 17.2. The summed E-state index contributed by atoms with van der Waals surface area (Å²) in [5.74, 6) is 0.637. The van der Waals surface area contributed by atoms with Crippen LogP contribution in [0.1, 0.15) is 41.7 Å². The molecule has 1 saturated carbocycles. The lowest BCUT2D eigenvalue weighted by molar-refractivity contribution is 0.0746. The molecule has 1 aromatic heterocycles. The van der Waals surface area contributed by atoms with E-state index in [4.69, 9.17) is 4.42 Å². The van der Waals surface area contributed by atoms with Gasteiger partial charge in [0, 0.05) is 45.3 Å². The van der Waals surface area contributed by atoms with Gasteiger partial charge in [-0.05, 0) is 25.3 Å². The van der Waals surface area contributed by atoms with Gasteiger partial charge in [0.2, 0.25) is 5.89 Å². The summed E-state index contributed by atoms with van der Waals surface area (Å²) in [5.41, 5.74) is 1.68. The Balaban J connectivity index is 1.22. The second-order valence-electron chi connectivity index (χ2n) is 7.84. The van der Waals surface area contributed by atoms with Crippen LogP contribution in [0.3, 0.4) is 0 Å². The smallest absolute Gasteiger partial charge is 0.276 e. The van der Waals surface area contributed by atoms with Crippen molar-refractivity contribution in [2.45, 2.75) is 32.4 Å². The monoisotopic (exact) mass is 394 g/mol. The normalized spacial score (nSPS) is 18.4. The maximum Gasteiger partial charge on any atom is 0.276 e. The fraction of sp³-hybridized carbons (Fsp3) is 0.478. The van der Waals surface area contributed by atoms with E-state index in [2.05, 4.69) is 51.2 Å². The average molecular weight is 395 g/mol. The van der Waals surface area contributed by atoms with Gasteiger partial charge in [-0.15, -0.1) is 0 Å². The summed E-state index contributed by atoms with van der Waals surface area (Å²) in [4.78, 5) is 23.7. The van der Waals surface area contributed by atoms with E-state index < -0.39 is 0 Å². The van der Waals surface area contributed by atoms with Crippen LogP contribution in [0.25, 0.3) is 6.08 Å². The van der Waals surface area contributed by atoms with E-state index in [9.17, 15) is 4.79 Å². The Bertz CT molecular complexity index is 820. The van der Waals surface area contributed by atoms with E-state index >= 15 is 0 Å². The van der Waals surface area contributed by atoms with Crippen LogP contribution in [0.4, 0.5) is 0 Å². The zero-order chi connectivity index (χ0) is 20.1. The Kier molecular flexibility index (Phi) is 6.42. The number of benzene rings is 1. The number of carbonyl (C=O) groups is 1. The van der Waals surface area contributed by atoms with E-state index in [0.717, 1.165) is 52.1 Å². The summed E-state index contributed by atoms with van der Waals surface area (Å²) < 4.78 is 5.60. The van der Waals surface area contributed by atoms with Gasteiger partial charge in [-0.1, -0.05) is 42.5 Å². The van der Waals surface area contributed by atoms with Crippen molar-refractivity contribution in [1.29, 1.82) is 0 Å². The highest BCUT2D eigenvalue weighted by molar-refractivity contribution is 5.92. The first-order chi connectivity index (χ1) is 14.2. The molecule has 0 radical (unpaired) electrons. The summed E-state index contributed by atoms with van der Waals surface area (Å²) in [6.45, 7) is 8.39. The van der Waals surface area contributed by atoms with Gasteiger partial charge in [-0.2, -0.15) is 0 Å². The summed E-state index contributed by atoms with van der Waals surface area (Å²) in [6, 6.07) is 10.8. The minimum atomic E-state index is 0.0000209. The van der Waals surface area contributed by atoms with Gasteiger partial charge in [-0.3, -0.25) is 14.6 Å². The van der Waals surface area contributed by atoms with Crippen LogP contribution >= 0.6 is 0 Å². The number of hydrogen-bond donors (Lipinski definition) is 0. The fourth-order valence-corrected chi connectivity index (χ4v) is 3.81. The Labute approximate surface area is 172 Å². The molecule has 2 aliphatic rings. The largest absolute Gasteiger partial charge is 0.447 e. The molecule has 2 fully saturated rings. The number of rotatable bonds is 8. The Hall–Kier alpha value is -2.44. The molecule has 1 aliphatic carbocycles. The maximum atomic E-state index is 12.6. The standard InChI is InChI=1S/C23H30N4O2/c1-2-27(20-10-11-20)23(28)21-18-29-22(24-21)17-26-15-13-25(14-16-26)12-6-9-19-7-4-3-5-8-19/h3-9,18,20H,2,10-17H2,1H3/b9-6+. The predicted octanol–water partition coefficient (Wildman–Crippen LogP) is 3.13. The molecule has 0 spiro atoms. The van der Waals surface area contributed by atoms with Gasteiger partial charge < -0.3 is 9.32 Å². The summed E-state index contributed by atoms with van der Waals surface area (Å²) in [7, 11) is 0. The molecule has 154 valence electrons. The van der Waals surface area contributed by atoms with Crippen LogP contribution in [0.5, 0.6) is 0 Å². The van der Waals surface area contributed by atoms with Crippen molar-refractivity contribution in [3.05, 3.63) is 59.8 Å². The van der Waals surface area contributed by atoms with Gasteiger partial charge >= 0.3 is 0 Å². The highest BCUT2D eigenvalue weighted by Gasteiger charge is 2.33. The quantitative estimate of drug-likeness (QED) is 0.689. The highest BCUT2D eigenvalue weighted by atomic mass is 16.3. The number of carbonyl (C=O) groups excluding carboxylic acids is 1. The first-order valence-corrected chi connectivity index (χ1v) is 10.6. The molecule has 6 nitrogen and oxygen atoms in total. The molecular weight excluding hydrogens is 364 g/mol. The lowest BCUT2D eigenvalue weighted by Gasteiger charge is -2.33. The maximum absolute atomic E-state index is 12.6. The lowest BCUT2D eigenvalue weighted by Crippen LogP contribution is -2.45. The molecular formula is C23H30N4O2. The topological polar surface area (TPSA) is 52.8 Å². The third-order valence-corrected chi connectivity index (χ3v) is 5.66. The van der Waals surface area contributed by atoms with Gasteiger partial charge in [0.05, 0.1) is 6.54 Å². The highest BCUT2D eigenvalue weighted by Crippen LogP contribution is 2.27. The SMILES string of the molecule is CCN(C(=O)c1coc(CN2CCN(C/C=C/c3ccccc3)CC2)n1)C1CC1. The van der Waals surface area contributed by atoms with Gasteiger partial charge in [-0.25, -0.2) is 4.98 Å². The molecule has 1 aliphatic heterocycles. The summed E-state index contributed by atoms with van der Waals surface area (Å²) in [5, 5.41) is 0. The second-order valence-corrected chi connectivity index (χ2v) is 7.84. The first-order valence-electron chi connectivity index (χ1n) is 10.6. The number of aromatic nitrogens is 1. The van der Waals surface area contributed by atoms with E-state index in [-0.39, 0.29) is 5.91 Å². The molecule has 0 N–H and O–H groups in total. The number of hydrogen-bond acceptors (Lipinski definition) is 5. The molecule has 6 heteroatoms. The van der Waals surface area contributed by atoms with E-state index in [1.54, 1.807) is 0 Å². The van der Waals surface area contributed by atoms with Crippen molar-refractivity contribution in [2.75, 3.05) is 39.3 Å². The van der Waals surface area contributed by atoms with Crippen LogP contribution in [0.2, 0.25) is 0 Å². The predicted molar refractivity (Wildman–Crippen MR) is 113 cm³/mol. The van der Waals surface area contributed by atoms with E-state index in [0.29, 0.717) is 24.2 Å². The number of piperazine rings is 1. The van der Waals surface area contributed by atoms with Crippen LogP contribution < -0.4 is 0 Å². The molecule has 2 heterocycles. The lowest BCUT2D eigenvalue weighted by atomic mass is 10.2. The number of amides is 1. The van der Waals surface area contributed by atoms with Crippen molar-refractivity contribution < 1.29 is 9.21 Å². The third-order valence-electron chi connectivity index (χ3n) is 5.66. The summed E-state index contributed by atoms with van der Waals surface area (Å²) >= 11 is 0. The Morgan fingerprint density at radius 3 is 2.59 bits per heavy atom. The molecule has 29 heavy (non-hydrogen) atoms. The van der Waals surface area contributed by atoms with Gasteiger partial charge in [0.1, 0.15) is 6.26 Å².